The Morgan fingerprint density at radius 2 is 1.70 bits per heavy atom. The van der Waals surface area contributed by atoms with Gasteiger partial charge in [-0.25, -0.2) is 4.98 Å². The molecule has 1 aromatic heterocycles. The zero-order valence-electron chi connectivity index (χ0n) is 21.5. The fourth-order valence-electron chi connectivity index (χ4n) is 4.14. The molecule has 0 spiro atoms. The molecule has 0 unspecified atom stereocenters. The van der Waals surface area contributed by atoms with Crippen LogP contribution in [-0.4, -0.2) is 35.2 Å². The lowest BCUT2D eigenvalue weighted by Crippen LogP contribution is -2.30. The second kappa shape index (κ2) is 13.2. The lowest BCUT2D eigenvalue weighted by Gasteiger charge is -2.11. The van der Waals surface area contributed by atoms with Crippen LogP contribution in [0.4, 0.5) is 0 Å². The number of aromatic nitrogens is 2. The topological polar surface area (TPSA) is 65.4 Å². The van der Waals surface area contributed by atoms with Crippen LogP contribution in [-0.2, 0) is 17.8 Å². The van der Waals surface area contributed by atoms with Crippen molar-refractivity contribution < 1.29 is 14.3 Å². The molecule has 1 N–H and O–H groups in total. The standard InChI is InChI=1S/C30H34ClN3O3/c1-22-11-14-26(20-23(22)2)36-19-6-5-18-34-28-9-4-3-8-27(28)33-29(34)10-7-17-32-30(35)21-37-25-15-12-24(31)13-16-25/h3-4,8-9,11-16,20H,5-7,10,17-19,21H2,1-2H3,(H,32,35). The first-order valence-corrected chi connectivity index (χ1v) is 13.2. The molecule has 0 radical (unpaired) electrons. The lowest BCUT2D eigenvalue weighted by atomic mass is 10.1. The highest BCUT2D eigenvalue weighted by atomic mass is 35.5. The fourth-order valence-corrected chi connectivity index (χ4v) is 4.26. The third kappa shape index (κ3) is 7.73. The van der Waals surface area contributed by atoms with Gasteiger partial charge in [-0.05, 0) is 92.8 Å². The van der Waals surface area contributed by atoms with E-state index in [1.165, 1.54) is 11.1 Å². The van der Waals surface area contributed by atoms with Crippen molar-refractivity contribution in [2.45, 2.75) is 46.1 Å². The number of hydrogen-bond donors (Lipinski definition) is 1. The van der Waals surface area contributed by atoms with Gasteiger partial charge < -0.3 is 19.4 Å². The Kier molecular flexibility index (Phi) is 9.44. The number of nitrogens with one attached hydrogen (secondary N) is 1. The second-order valence-electron chi connectivity index (χ2n) is 9.17. The molecule has 4 aromatic rings. The number of carbonyl (C=O) groups excluding carboxylic acids is 1. The maximum absolute atomic E-state index is 12.1. The molecular weight excluding hydrogens is 486 g/mol. The summed E-state index contributed by atoms with van der Waals surface area (Å²) in [6.07, 6.45) is 3.54. The lowest BCUT2D eigenvalue weighted by molar-refractivity contribution is -0.123. The summed E-state index contributed by atoms with van der Waals surface area (Å²) in [4.78, 5) is 17.0. The highest BCUT2D eigenvalue weighted by molar-refractivity contribution is 6.30. The smallest absolute Gasteiger partial charge is 0.257 e. The Morgan fingerprint density at radius 3 is 2.51 bits per heavy atom. The average Bonchev–Trinajstić information content (AvgIpc) is 3.25. The Bertz CT molecular complexity index is 1320. The molecule has 1 heterocycles. The highest BCUT2D eigenvalue weighted by Gasteiger charge is 2.11. The molecule has 0 saturated heterocycles. The van der Waals surface area contributed by atoms with E-state index in [-0.39, 0.29) is 12.5 Å². The first-order chi connectivity index (χ1) is 18.0. The largest absolute Gasteiger partial charge is 0.494 e. The fraction of sp³-hybridized carbons (Fsp3) is 0.333. The number of hydrogen-bond acceptors (Lipinski definition) is 4. The minimum atomic E-state index is -0.146. The van der Waals surface area contributed by atoms with Crippen LogP contribution >= 0.6 is 11.6 Å². The summed E-state index contributed by atoms with van der Waals surface area (Å²) in [5, 5.41) is 3.56. The van der Waals surface area contributed by atoms with E-state index >= 15 is 0 Å². The number of carbonyl (C=O) groups is 1. The van der Waals surface area contributed by atoms with E-state index in [1.54, 1.807) is 24.3 Å². The van der Waals surface area contributed by atoms with E-state index < -0.39 is 0 Å². The predicted molar refractivity (Wildman–Crippen MR) is 149 cm³/mol. The molecule has 0 aliphatic heterocycles. The van der Waals surface area contributed by atoms with Crippen LogP contribution in [0.3, 0.4) is 0 Å². The van der Waals surface area contributed by atoms with Gasteiger partial charge in [0.25, 0.3) is 5.91 Å². The predicted octanol–water partition coefficient (Wildman–Crippen LogP) is 6.29. The van der Waals surface area contributed by atoms with E-state index in [2.05, 4.69) is 41.9 Å². The molecule has 37 heavy (non-hydrogen) atoms. The molecule has 0 aliphatic rings. The van der Waals surface area contributed by atoms with E-state index in [0.29, 0.717) is 23.9 Å². The van der Waals surface area contributed by atoms with Crippen molar-refractivity contribution in [3.63, 3.8) is 0 Å². The van der Waals surface area contributed by atoms with Crippen LogP contribution in [0.1, 0.15) is 36.2 Å². The van der Waals surface area contributed by atoms with Crippen LogP contribution in [0.5, 0.6) is 11.5 Å². The van der Waals surface area contributed by atoms with Crippen LogP contribution in [0.15, 0.2) is 66.7 Å². The molecule has 0 fully saturated rings. The van der Waals surface area contributed by atoms with Gasteiger partial charge in [-0.2, -0.15) is 0 Å². The highest BCUT2D eigenvalue weighted by Crippen LogP contribution is 2.20. The van der Waals surface area contributed by atoms with Gasteiger partial charge in [0.1, 0.15) is 17.3 Å². The number of para-hydroxylation sites is 2. The summed E-state index contributed by atoms with van der Waals surface area (Å²) in [7, 11) is 0. The van der Waals surface area contributed by atoms with Crippen molar-refractivity contribution in [3.8, 4) is 11.5 Å². The molecule has 7 heteroatoms. The number of fused-ring (bicyclic) bond motifs is 1. The zero-order valence-corrected chi connectivity index (χ0v) is 22.3. The van der Waals surface area contributed by atoms with Gasteiger partial charge >= 0.3 is 0 Å². The van der Waals surface area contributed by atoms with Gasteiger partial charge in [0, 0.05) is 24.5 Å². The van der Waals surface area contributed by atoms with Crippen molar-refractivity contribution in [1.29, 1.82) is 0 Å². The zero-order chi connectivity index (χ0) is 26.0. The van der Waals surface area contributed by atoms with Crippen molar-refractivity contribution in [1.82, 2.24) is 14.9 Å². The normalized spacial score (nSPS) is 11.0. The molecule has 0 aliphatic carbocycles. The minimum Gasteiger partial charge on any atom is -0.494 e. The molecule has 4 rings (SSSR count). The summed E-state index contributed by atoms with van der Waals surface area (Å²) < 4.78 is 13.8. The van der Waals surface area contributed by atoms with Gasteiger partial charge in [-0.15, -0.1) is 0 Å². The minimum absolute atomic E-state index is 0.0234. The average molecular weight is 520 g/mol. The first-order valence-electron chi connectivity index (χ1n) is 12.8. The number of benzene rings is 3. The summed E-state index contributed by atoms with van der Waals surface area (Å²) in [5.41, 5.74) is 4.67. The van der Waals surface area contributed by atoms with E-state index in [9.17, 15) is 4.79 Å². The molecule has 1 amide bonds. The van der Waals surface area contributed by atoms with Crippen LogP contribution < -0.4 is 14.8 Å². The molecule has 0 bridgehead atoms. The number of amides is 1. The van der Waals surface area contributed by atoms with Gasteiger partial charge in [-0.1, -0.05) is 29.8 Å². The van der Waals surface area contributed by atoms with Crippen molar-refractivity contribution in [3.05, 3.63) is 88.7 Å². The number of imidazole rings is 1. The maximum atomic E-state index is 12.1. The SMILES string of the molecule is Cc1ccc(OCCCCn2c(CCCNC(=O)COc3ccc(Cl)cc3)nc3ccccc32)cc1C. The molecule has 0 saturated carbocycles. The van der Waals surface area contributed by atoms with Crippen LogP contribution in [0, 0.1) is 13.8 Å². The number of aryl methyl sites for hydroxylation is 4. The maximum Gasteiger partial charge on any atom is 0.257 e. The van der Waals surface area contributed by atoms with Crippen molar-refractivity contribution >= 4 is 28.5 Å². The summed E-state index contributed by atoms with van der Waals surface area (Å²) >= 11 is 5.87. The number of halogens is 1. The number of ether oxygens (including phenoxy) is 2. The number of nitrogens with zero attached hydrogens (tertiary/aromatic N) is 2. The number of rotatable bonds is 13. The van der Waals surface area contributed by atoms with Gasteiger partial charge in [0.15, 0.2) is 6.61 Å². The van der Waals surface area contributed by atoms with E-state index in [1.807, 2.05) is 24.3 Å². The summed E-state index contributed by atoms with van der Waals surface area (Å²) in [6.45, 7) is 6.33. The Hall–Kier alpha value is -3.51. The van der Waals surface area contributed by atoms with E-state index in [0.717, 1.165) is 54.8 Å². The first kappa shape index (κ1) is 26.6. The third-order valence-electron chi connectivity index (χ3n) is 6.34. The Morgan fingerprint density at radius 1 is 0.919 bits per heavy atom. The monoisotopic (exact) mass is 519 g/mol. The van der Waals surface area contributed by atoms with Crippen LogP contribution in [0.25, 0.3) is 11.0 Å². The Balaban J connectivity index is 1.23. The quantitative estimate of drug-likeness (QED) is 0.211. The Labute approximate surface area is 223 Å². The van der Waals surface area contributed by atoms with Crippen LogP contribution in [0.2, 0.25) is 5.02 Å². The second-order valence-corrected chi connectivity index (χ2v) is 9.60. The van der Waals surface area contributed by atoms with Gasteiger partial charge in [0.2, 0.25) is 0 Å². The molecule has 3 aromatic carbocycles. The third-order valence-corrected chi connectivity index (χ3v) is 6.59. The molecule has 6 nitrogen and oxygen atoms in total. The number of unbranched alkanes of at least 4 members (excludes halogenated alkanes) is 1. The van der Waals surface area contributed by atoms with E-state index in [4.69, 9.17) is 26.1 Å². The molecule has 194 valence electrons. The van der Waals surface area contributed by atoms with Gasteiger partial charge in [0.05, 0.1) is 17.6 Å². The summed E-state index contributed by atoms with van der Waals surface area (Å²) in [5.74, 6) is 2.44. The van der Waals surface area contributed by atoms with Crippen molar-refractivity contribution in [2.75, 3.05) is 19.8 Å². The van der Waals surface area contributed by atoms with Crippen molar-refractivity contribution in [2.24, 2.45) is 0 Å². The molecule has 0 atom stereocenters. The summed E-state index contributed by atoms with van der Waals surface area (Å²) in [6, 6.07) is 21.4. The van der Waals surface area contributed by atoms with Gasteiger partial charge in [-0.3, -0.25) is 4.79 Å². The molecular formula is C30H34ClN3O3.